The fourth-order valence-electron chi connectivity index (χ4n) is 1.51. The highest BCUT2D eigenvalue weighted by Gasteiger charge is 2.34. The van der Waals surface area contributed by atoms with Crippen LogP contribution in [0.1, 0.15) is 31.9 Å². The molecule has 0 saturated carbocycles. The van der Waals surface area contributed by atoms with Crippen molar-refractivity contribution in [2.45, 2.75) is 32.0 Å². The normalized spacial score (nSPS) is 16.9. The fourth-order valence-corrected chi connectivity index (χ4v) is 1.51. The van der Waals surface area contributed by atoms with Crippen molar-refractivity contribution in [3.8, 4) is 0 Å². The molecule has 0 bridgehead atoms. The Morgan fingerprint density at radius 2 is 2.06 bits per heavy atom. The summed E-state index contributed by atoms with van der Waals surface area (Å²) in [6, 6.07) is 3.74. The highest BCUT2D eigenvalue weighted by Crippen LogP contribution is 2.33. The quantitative estimate of drug-likeness (QED) is 0.861. The monoisotopic (exact) mass is 230 g/mol. The van der Waals surface area contributed by atoms with Gasteiger partial charge in [-0.25, -0.2) is 8.78 Å². The van der Waals surface area contributed by atoms with E-state index in [1.54, 1.807) is 6.92 Å². The number of ether oxygens (including phenoxy) is 1. The summed E-state index contributed by atoms with van der Waals surface area (Å²) in [5, 5.41) is 10.0. The first kappa shape index (κ1) is 13.1. The van der Waals surface area contributed by atoms with E-state index in [0.29, 0.717) is 6.42 Å². The van der Waals surface area contributed by atoms with Gasteiger partial charge >= 0.3 is 0 Å². The number of methoxy groups -OCH3 is 1. The Kier molecular flexibility index (Phi) is 3.99. The molecule has 0 aliphatic rings. The smallest absolute Gasteiger partial charge is 0.164 e. The van der Waals surface area contributed by atoms with E-state index in [0.717, 1.165) is 6.07 Å². The Morgan fingerprint density at radius 3 is 2.56 bits per heavy atom. The zero-order valence-electron chi connectivity index (χ0n) is 9.63. The Labute approximate surface area is 93.9 Å². The van der Waals surface area contributed by atoms with Crippen molar-refractivity contribution in [2.75, 3.05) is 7.11 Å². The highest BCUT2D eigenvalue weighted by molar-refractivity contribution is 5.23. The Bertz CT molecular complexity index is 362. The van der Waals surface area contributed by atoms with Gasteiger partial charge in [0.1, 0.15) is 6.10 Å². The molecule has 1 aromatic carbocycles. The molecule has 2 atom stereocenters. The number of hydrogen-bond acceptors (Lipinski definition) is 2. The van der Waals surface area contributed by atoms with Crippen molar-refractivity contribution in [1.29, 1.82) is 0 Å². The summed E-state index contributed by atoms with van der Waals surface area (Å²) < 4.78 is 31.6. The van der Waals surface area contributed by atoms with E-state index < -0.39 is 23.3 Å². The van der Waals surface area contributed by atoms with E-state index in [4.69, 9.17) is 4.74 Å². The average molecular weight is 230 g/mol. The maximum atomic E-state index is 13.5. The summed E-state index contributed by atoms with van der Waals surface area (Å²) in [7, 11) is 1.43. The molecular formula is C12H16F2O2. The molecule has 16 heavy (non-hydrogen) atoms. The second kappa shape index (κ2) is 4.89. The van der Waals surface area contributed by atoms with E-state index in [1.165, 1.54) is 19.2 Å². The minimum Gasteiger partial charge on any atom is -0.385 e. The zero-order chi connectivity index (χ0) is 12.3. The first-order chi connectivity index (χ1) is 7.46. The molecule has 2 unspecified atom stereocenters. The molecule has 0 heterocycles. The largest absolute Gasteiger partial charge is 0.385 e. The molecule has 0 spiro atoms. The topological polar surface area (TPSA) is 29.5 Å². The lowest BCUT2D eigenvalue weighted by atomic mass is 9.90. The third-order valence-electron chi connectivity index (χ3n) is 3.02. The van der Waals surface area contributed by atoms with E-state index in [2.05, 4.69) is 0 Å². The summed E-state index contributed by atoms with van der Waals surface area (Å²) in [4.78, 5) is 0. The molecule has 1 rings (SSSR count). The van der Waals surface area contributed by atoms with Gasteiger partial charge in [-0.15, -0.1) is 0 Å². The standard InChI is InChI=1S/C12H16F2O2/c1-4-12(2,16-3)11(15)8-6-5-7-9(13)10(8)14/h5-7,11,15H,4H2,1-3H3. The fraction of sp³-hybridized carbons (Fsp3) is 0.500. The predicted molar refractivity (Wildman–Crippen MR) is 57.0 cm³/mol. The molecule has 0 saturated heterocycles. The van der Waals surface area contributed by atoms with Gasteiger partial charge in [-0.2, -0.15) is 0 Å². The van der Waals surface area contributed by atoms with Crippen molar-refractivity contribution < 1.29 is 18.6 Å². The van der Waals surface area contributed by atoms with E-state index in [1.807, 2.05) is 6.92 Å². The number of benzene rings is 1. The highest BCUT2D eigenvalue weighted by atomic mass is 19.2. The van der Waals surface area contributed by atoms with Gasteiger partial charge < -0.3 is 9.84 Å². The first-order valence-corrected chi connectivity index (χ1v) is 5.13. The summed E-state index contributed by atoms with van der Waals surface area (Å²) in [5.74, 6) is -1.99. The van der Waals surface area contributed by atoms with Gasteiger partial charge in [-0.05, 0) is 19.4 Å². The van der Waals surface area contributed by atoms with Crippen LogP contribution in [0.3, 0.4) is 0 Å². The van der Waals surface area contributed by atoms with Gasteiger partial charge in [0.25, 0.3) is 0 Å². The zero-order valence-corrected chi connectivity index (χ0v) is 9.63. The van der Waals surface area contributed by atoms with Crippen molar-refractivity contribution in [3.63, 3.8) is 0 Å². The summed E-state index contributed by atoms with van der Waals surface area (Å²) >= 11 is 0. The van der Waals surface area contributed by atoms with Gasteiger partial charge in [0.05, 0.1) is 5.60 Å². The van der Waals surface area contributed by atoms with Gasteiger partial charge in [-0.3, -0.25) is 0 Å². The van der Waals surface area contributed by atoms with Gasteiger partial charge in [0, 0.05) is 12.7 Å². The summed E-state index contributed by atoms with van der Waals surface area (Å²) in [6.45, 7) is 3.46. The minimum atomic E-state index is -1.20. The lowest BCUT2D eigenvalue weighted by molar-refractivity contribution is -0.0957. The first-order valence-electron chi connectivity index (χ1n) is 5.13. The summed E-state index contributed by atoms with van der Waals surface area (Å²) in [5.41, 5.74) is -1.000. The van der Waals surface area contributed by atoms with Crippen LogP contribution < -0.4 is 0 Å². The van der Waals surface area contributed by atoms with Gasteiger partial charge in [-0.1, -0.05) is 19.1 Å². The maximum Gasteiger partial charge on any atom is 0.164 e. The molecule has 0 aliphatic carbocycles. The van der Waals surface area contributed by atoms with Crippen LogP contribution in [0.4, 0.5) is 8.78 Å². The molecule has 1 aromatic rings. The van der Waals surface area contributed by atoms with Crippen LogP contribution in [0, 0.1) is 11.6 Å². The van der Waals surface area contributed by atoms with Crippen molar-refractivity contribution in [2.24, 2.45) is 0 Å². The lowest BCUT2D eigenvalue weighted by Gasteiger charge is -2.32. The van der Waals surface area contributed by atoms with Crippen LogP contribution in [0.5, 0.6) is 0 Å². The number of aliphatic hydroxyl groups excluding tert-OH is 1. The predicted octanol–water partition coefficient (Wildman–Crippen LogP) is 2.81. The van der Waals surface area contributed by atoms with Crippen LogP contribution in [0.15, 0.2) is 18.2 Å². The molecule has 0 amide bonds. The molecule has 1 N–H and O–H groups in total. The Morgan fingerprint density at radius 1 is 1.44 bits per heavy atom. The number of aliphatic hydroxyl groups is 1. The molecule has 0 aromatic heterocycles. The molecule has 4 heteroatoms. The van der Waals surface area contributed by atoms with Crippen molar-refractivity contribution in [3.05, 3.63) is 35.4 Å². The average Bonchev–Trinajstić information content (AvgIpc) is 2.31. The number of halogens is 2. The molecule has 0 aliphatic heterocycles. The van der Waals surface area contributed by atoms with E-state index in [-0.39, 0.29) is 5.56 Å². The third kappa shape index (κ3) is 2.23. The van der Waals surface area contributed by atoms with Crippen LogP contribution in [0.2, 0.25) is 0 Å². The minimum absolute atomic E-state index is 0.0776. The second-order valence-corrected chi connectivity index (χ2v) is 3.92. The van der Waals surface area contributed by atoms with Crippen LogP contribution in [-0.4, -0.2) is 17.8 Å². The molecule has 90 valence electrons. The van der Waals surface area contributed by atoms with Crippen LogP contribution in [0.25, 0.3) is 0 Å². The molecule has 0 fully saturated rings. The number of rotatable bonds is 4. The SMILES string of the molecule is CCC(C)(OC)C(O)c1cccc(F)c1F. The van der Waals surface area contributed by atoms with E-state index >= 15 is 0 Å². The number of hydrogen-bond donors (Lipinski definition) is 1. The third-order valence-corrected chi connectivity index (χ3v) is 3.02. The maximum absolute atomic E-state index is 13.5. The van der Waals surface area contributed by atoms with Crippen LogP contribution in [-0.2, 0) is 4.74 Å². The Balaban J connectivity index is 3.13. The molecule has 2 nitrogen and oxygen atoms in total. The molecular weight excluding hydrogens is 214 g/mol. The van der Waals surface area contributed by atoms with Gasteiger partial charge in [0.2, 0.25) is 0 Å². The Hall–Kier alpha value is -1.00. The van der Waals surface area contributed by atoms with Gasteiger partial charge in [0.15, 0.2) is 11.6 Å². The van der Waals surface area contributed by atoms with Crippen molar-refractivity contribution in [1.82, 2.24) is 0 Å². The van der Waals surface area contributed by atoms with E-state index in [9.17, 15) is 13.9 Å². The molecule has 0 radical (unpaired) electrons. The second-order valence-electron chi connectivity index (χ2n) is 3.92. The van der Waals surface area contributed by atoms with Crippen molar-refractivity contribution >= 4 is 0 Å². The summed E-state index contributed by atoms with van der Waals surface area (Å²) in [6.07, 6.45) is -0.709. The lowest BCUT2D eigenvalue weighted by Crippen LogP contribution is -2.35. The van der Waals surface area contributed by atoms with Crippen LogP contribution >= 0.6 is 0 Å².